The molecule has 0 atom stereocenters. The van der Waals surface area contributed by atoms with Crippen molar-refractivity contribution in [2.24, 2.45) is 0 Å². The molecule has 1 aliphatic rings. The number of benzene rings is 2. The molecule has 1 fully saturated rings. The number of halogens is 1. The molecule has 0 bridgehead atoms. The van der Waals surface area contributed by atoms with E-state index in [0.29, 0.717) is 30.7 Å². The maximum Gasteiger partial charge on any atom is 0.253 e. The van der Waals surface area contributed by atoms with E-state index < -0.39 is 0 Å². The Morgan fingerprint density at radius 1 is 1.18 bits per heavy atom. The minimum Gasteiger partial charge on any atom is -0.388 e. The van der Waals surface area contributed by atoms with Gasteiger partial charge in [-0.05, 0) is 42.7 Å². The minimum absolute atomic E-state index is 0.0699. The molecule has 0 radical (unpaired) electrons. The summed E-state index contributed by atoms with van der Waals surface area (Å²) in [5.41, 5.74) is 3.21. The van der Waals surface area contributed by atoms with Crippen LogP contribution in [0.5, 0.6) is 0 Å². The zero-order valence-corrected chi connectivity index (χ0v) is 15.9. The zero-order chi connectivity index (χ0) is 19.5. The predicted molar refractivity (Wildman–Crippen MR) is 108 cm³/mol. The number of rotatable bonds is 5. The molecular formula is C22H24FN3O2. The fourth-order valence-corrected chi connectivity index (χ4v) is 3.69. The zero-order valence-electron chi connectivity index (χ0n) is 15.9. The molecule has 0 spiro atoms. The highest BCUT2D eigenvalue weighted by molar-refractivity contribution is 6.07. The molecule has 146 valence electrons. The summed E-state index contributed by atoms with van der Waals surface area (Å²) < 4.78 is 21.9. The molecule has 1 aromatic heterocycles. The van der Waals surface area contributed by atoms with Crippen LogP contribution in [-0.2, 0) is 11.3 Å². The molecule has 3 aromatic rings. The van der Waals surface area contributed by atoms with E-state index in [-0.39, 0.29) is 17.8 Å². The molecule has 2 N–H and O–H groups in total. The van der Waals surface area contributed by atoms with E-state index >= 15 is 0 Å². The van der Waals surface area contributed by atoms with Crippen LogP contribution < -0.4 is 10.6 Å². The van der Waals surface area contributed by atoms with Gasteiger partial charge in [-0.1, -0.05) is 18.2 Å². The van der Waals surface area contributed by atoms with Gasteiger partial charge < -0.3 is 19.9 Å². The van der Waals surface area contributed by atoms with Gasteiger partial charge in [-0.25, -0.2) is 4.39 Å². The van der Waals surface area contributed by atoms with E-state index in [2.05, 4.69) is 10.6 Å². The lowest BCUT2D eigenvalue weighted by Crippen LogP contribution is -2.38. The van der Waals surface area contributed by atoms with E-state index in [1.165, 1.54) is 6.07 Å². The first-order chi connectivity index (χ1) is 13.7. The second-order valence-corrected chi connectivity index (χ2v) is 7.11. The summed E-state index contributed by atoms with van der Waals surface area (Å²) in [5, 5.41) is 6.51. The number of nitrogens with zero attached hydrogens (tertiary/aromatic N) is 1. The van der Waals surface area contributed by atoms with Crippen molar-refractivity contribution in [2.75, 3.05) is 25.6 Å². The molecule has 4 rings (SSSR count). The second kappa shape index (κ2) is 8.02. The number of hydrogen-bond acceptors (Lipinski definition) is 3. The molecule has 28 heavy (non-hydrogen) atoms. The SMILES string of the molecule is CNc1ccc(Cn2cc(C(=O)NC3CCOCC3)c3c(F)cccc32)cc1. The van der Waals surface area contributed by atoms with Crippen molar-refractivity contribution in [3.8, 4) is 0 Å². The summed E-state index contributed by atoms with van der Waals surface area (Å²) in [6.07, 6.45) is 3.32. The summed E-state index contributed by atoms with van der Waals surface area (Å²) in [7, 11) is 1.88. The first kappa shape index (κ1) is 18.5. The summed E-state index contributed by atoms with van der Waals surface area (Å²) >= 11 is 0. The number of ether oxygens (including phenoxy) is 1. The highest BCUT2D eigenvalue weighted by Gasteiger charge is 2.22. The Morgan fingerprint density at radius 3 is 2.64 bits per heavy atom. The van der Waals surface area contributed by atoms with Crippen LogP contribution in [0.2, 0.25) is 0 Å². The van der Waals surface area contributed by atoms with Gasteiger partial charge in [-0.3, -0.25) is 4.79 Å². The number of carbonyl (C=O) groups excluding carboxylic acids is 1. The number of carbonyl (C=O) groups is 1. The maximum absolute atomic E-state index is 14.6. The Bertz CT molecular complexity index is 975. The third-order valence-corrected chi connectivity index (χ3v) is 5.25. The quantitative estimate of drug-likeness (QED) is 0.707. The molecule has 1 amide bonds. The number of nitrogens with one attached hydrogen (secondary N) is 2. The molecule has 2 heterocycles. The van der Waals surface area contributed by atoms with Crippen molar-refractivity contribution in [1.29, 1.82) is 0 Å². The van der Waals surface area contributed by atoms with E-state index in [9.17, 15) is 9.18 Å². The maximum atomic E-state index is 14.6. The first-order valence-corrected chi connectivity index (χ1v) is 9.58. The molecule has 2 aromatic carbocycles. The second-order valence-electron chi connectivity index (χ2n) is 7.11. The van der Waals surface area contributed by atoms with Crippen molar-refractivity contribution < 1.29 is 13.9 Å². The Labute approximate surface area is 163 Å². The van der Waals surface area contributed by atoms with Gasteiger partial charge in [0.1, 0.15) is 5.82 Å². The lowest BCUT2D eigenvalue weighted by atomic mass is 10.1. The first-order valence-electron chi connectivity index (χ1n) is 9.58. The van der Waals surface area contributed by atoms with Gasteiger partial charge in [-0.15, -0.1) is 0 Å². The van der Waals surface area contributed by atoms with Crippen molar-refractivity contribution in [3.63, 3.8) is 0 Å². The van der Waals surface area contributed by atoms with Gasteiger partial charge >= 0.3 is 0 Å². The molecular weight excluding hydrogens is 357 g/mol. The summed E-state index contributed by atoms with van der Waals surface area (Å²) in [4.78, 5) is 12.9. The monoisotopic (exact) mass is 381 g/mol. The van der Waals surface area contributed by atoms with Crippen LogP contribution in [0.1, 0.15) is 28.8 Å². The summed E-state index contributed by atoms with van der Waals surface area (Å²) in [6, 6.07) is 13.1. The Morgan fingerprint density at radius 2 is 1.93 bits per heavy atom. The molecule has 0 aliphatic carbocycles. The van der Waals surface area contributed by atoms with Crippen LogP contribution >= 0.6 is 0 Å². The smallest absolute Gasteiger partial charge is 0.253 e. The molecule has 6 heteroatoms. The topological polar surface area (TPSA) is 55.3 Å². The number of anilines is 1. The van der Waals surface area contributed by atoms with Crippen molar-refractivity contribution in [3.05, 3.63) is 65.6 Å². The van der Waals surface area contributed by atoms with Crippen molar-refractivity contribution in [1.82, 2.24) is 9.88 Å². The average Bonchev–Trinajstić information content (AvgIpc) is 3.09. The van der Waals surface area contributed by atoms with Gasteiger partial charge in [0.05, 0.1) is 11.1 Å². The van der Waals surface area contributed by atoms with Crippen molar-refractivity contribution in [2.45, 2.75) is 25.4 Å². The molecule has 5 nitrogen and oxygen atoms in total. The fourth-order valence-electron chi connectivity index (χ4n) is 3.69. The highest BCUT2D eigenvalue weighted by Crippen LogP contribution is 2.26. The van der Waals surface area contributed by atoms with Crippen LogP contribution in [0.3, 0.4) is 0 Å². The number of hydrogen-bond donors (Lipinski definition) is 2. The fraction of sp³-hybridized carbons (Fsp3) is 0.318. The van der Waals surface area contributed by atoms with Crippen LogP contribution in [0.4, 0.5) is 10.1 Å². The Hall–Kier alpha value is -2.86. The largest absolute Gasteiger partial charge is 0.388 e. The lowest BCUT2D eigenvalue weighted by Gasteiger charge is -2.22. The van der Waals surface area contributed by atoms with Gasteiger partial charge in [0.25, 0.3) is 5.91 Å². The van der Waals surface area contributed by atoms with E-state index in [1.807, 2.05) is 41.9 Å². The molecule has 0 saturated carbocycles. The van der Waals surface area contributed by atoms with Gasteiger partial charge in [0.2, 0.25) is 0 Å². The van der Waals surface area contributed by atoms with Gasteiger partial charge in [0.15, 0.2) is 0 Å². The summed E-state index contributed by atoms with van der Waals surface area (Å²) in [5.74, 6) is -0.606. The normalized spacial score (nSPS) is 14.9. The van der Waals surface area contributed by atoms with Gasteiger partial charge in [0, 0.05) is 50.1 Å². The molecule has 0 unspecified atom stereocenters. The summed E-state index contributed by atoms with van der Waals surface area (Å²) in [6.45, 7) is 1.85. The van der Waals surface area contributed by atoms with E-state index in [1.54, 1.807) is 12.3 Å². The Balaban J connectivity index is 1.65. The van der Waals surface area contributed by atoms with Crippen LogP contribution in [0, 0.1) is 5.82 Å². The minimum atomic E-state index is -0.376. The van der Waals surface area contributed by atoms with Gasteiger partial charge in [-0.2, -0.15) is 0 Å². The van der Waals surface area contributed by atoms with Crippen LogP contribution in [0.15, 0.2) is 48.7 Å². The third-order valence-electron chi connectivity index (χ3n) is 5.25. The van der Waals surface area contributed by atoms with Crippen molar-refractivity contribution >= 4 is 22.5 Å². The molecule has 1 aliphatic heterocycles. The number of amides is 1. The lowest BCUT2D eigenvalue weighted by molar-refractivity contribution is 0.0697. The number of aromatic nitrogens is 1. The molecule has 1 saturated heterocycles. The van der Waals surface area contributed by atoms with E-state index in [4.69, 9.17) is 4.74 Å². The van der Waals surface area contributed by atoms with Crippen LogP contribution in [0.25, 0.3) is 10.9 Å². The van der Waals surface area contributed by atoms with E-state index in [0.717, 1.165) is 29.6 Å². The predicted octanol–water partition coefficient (Wildman–Crippen LogP) is 3.78. The number of fused-ring (bicyclic) bond motifs is 1. The highest BCUT2D eigenvalue weighted by atomic mass is 19.1. The average molecular weight is 381 g/mol. The Kier molecular flexibility index (Phi) is 5.30. The third kappa shape index (κ3) is 3.73. The standard InChI is InChI=1S/C22H24FN3O2/c1-24-16-7-5-15(6-8-16)13-26-14-18(21-19(23)3-2-4-20(21)26)22(27)25-17-9-11-28-12-10-17/h2-8,14,17,24H,9-13H2,1H3,(H,25,27). The van der Waals surface area contributed by atoms with Crippen LogP contribution in [-0.4, -0.2) is 36.8 Å².